The number of nitrogens with one attached hydrogen (secondary N) is 2. The second-order valence-electron chi connectivity index (χ2n) is 5.37. The third-order valence-corrected chi connectivity index (χ3v) is 4.33. The molecule has 0 fully saturated rings. The molecule has 25 heavy (non-hydrogen) atoms. The minimum atomic E-state index is -0.227. The predicted octanol–water partition coefficient (Wildman–Crippen LogP) is 3.33. The van der Waals surface area contributed by atoms with Gasteiger partial charge in [0.05, 0.1) is 17.0 Å². The van der Waals surface area contributed by atoms with Gasteiger partial charge in [0.1, 0.15) is 0 Å². The lowest BCUT2D eigenvalue weighted by Gasteiger charge is -2.03. The number of nitrogens with zero attached hydrogens (tertiary/aromatic N) is 1. The highest BCUT2D eigenvalue weighted by molar-refractivity contribution is 7.09. The fraction of sp³-hybridized carbons (Fsp3) is 0.167. The summed E-state index contributed by atoms with van der Waals surface area (Å²) < 4.78 is 5.04. The van der Waals surface area contributed by atoms with Crippen LogP contribution < -0.4 is 10.6 Å². The van der Waals surface area contributed by atoms with E-state index in [9.17, 15) is 9.59 Å². The first-order chi connectivity index (χ1) is 12.1. The standard InChI is InChI=1S/C18H17N3O3S/c1-12(22)20-14-6-4-13(5-7-14)15-11-25-17(21-15)8-9-19-18(23)16-3-2-10-24-16/h2-7,10-11H,8-9H2,1H3,(H,19,23)(H,20,22). The van der Waals surface area contributed by atoms with Crippen LogP contribution in [0, 0.1) is 0 Å². The Morgan fingerprint density at radius 1 is 1.20 bits per heavy atom. The Hall–Kier alpha value is -2.93. The van der Waals surface area contributed by atoms with Crippen LogP contribution in [-0.4, -0.2) is 23.3 Å². The maximum atomic E-state index is 11.8. The van der Waals surface area contributed by atoms with E-state index in [-0.39, 0.29) is 11.8 Å². The average Bonchev–Trinajstić information content (AvgIpc) is 3.27. The van der Waals surface area contributed by atoms with E-state index in [0.717, 1.165) is 22.0 Å². The number of hydrogen-bond donors (Lipinski definition) is 2. The minimum absolute atomic E-state index is 0.0970. The van der Waals surface area contributed by atoms with E-state index in [0.29, 0.717) is 18.7 Å². The van der Waals surface area contributed by atoms with E-state index in [4.69, 9.17) is 4.42 Å². The zero-order valence-electron chi connectivity index (χ0n) is 13.6. The Morgan fingerprint density at radius 3 is 2.68 bits per heavy atom. The van der Waals surface area contributed by atoms with Crippen LogP contribution in [-0.2, 0) is 11.2 Å². The quantitative estimate of drug-likeness (QED) is 0.710. The minimum Gasteiger partial charge on any atom is -0.459 e. The maximum Gasteiger partial charge on any atom is 0.286 e. The molecule has 2 aromatic heterocycles. The van der Waals surface area contributed by atoms with Gasteiger partial charge in [-0.3, -0.25) is 9.59 Å². The van der Waals surface area contributed by atoms with Gasteiger partial charge in [-0.15, -0.1) is 11.3 Å². The summed E-state index contributed by atoms with van der Waals surface area (Å²) in [6.45, 7) is 1.97. The first-order valence-corrected chi connectivity index (χ1v) is 8.64. The molecule has 0 aliphatic carbocycles. The van der Waals surface area contributed by atoms with Crippen molar-refractivity contribution in [2.24, 2.45) is 0 Å². The van der Waals surface area contributed by atoms with Crippen LogP contribution in [0.1, 0.15) is 22.5 Å². The van der Waals surface area contributed by atoms with Crippen LogP contribution in [0.4, 0.5) is 5.69 Å². The van der Waals surface area contributed by atoms with Crippen LogP contribution in [0.5, 0.6) is 0 Å². The molecule has 1 aromatic carbocycles. The topological polar surface area (TPSA) is 84.2 Å². The lowest BCUT2D eigenvalue weighted by Crippen LogP contribution is -2.25. The Kier molecular flexibility index (Phi) is 5.25. The van der Waals surface area contributed by atoms with Crippen molar-refractivity contribution in [3.05, 3.63) is 58.8 Å². The second kappa shape index (κ2) is 7.76. The largest absolute Gasteiger partial charge is 0.459 e. The Morgan fingerprint density at radius 2 is 2.00 bits per heavy atom. The third-order valence-electron chi connectivity index (χ3n) is 3.42. The van der Waals surface area contributed by atoms with E-state index in [1.54, 1.807) is 23.5 Å². The van der Waals surface area contributed by atoms with E-state index in [1.807, 2.05) is 29.6 Å². The normalized spacial score (nSPS) is 10.4. The first-order valence-electron chi connectivity index (χ1n) is 7.76. The van der Waals surface area contributed by atoms with Crippen LogP contribution in [0.2, 0.25) is 0 Å². The molecule has 0 aliphatic heterocycles. The number of anilines is 1. The second-order valence-corrected chi connectivity index (χ2v) is 6.31. The van der Waals surface area contributed by atoms with E-state index < -0.39 is 0 Å². The molecule has 0 unspecified atom stereocenters. The Bertz CT molecular complexity index is 854. The summed E-state index contributed by atoms with van der Waals surface area (Å²) >= 11 is 1.55. The highest BCUT2D eigenvalue weighted by atomic mass is 32.1. The number of hydrogen-bond acceptors (Lipinski definition) is 5. The van der Waals surface area contributed by atoms with Gasteiger partial charge in [-0.05, 0) is 24.3 Å². The number of furan rings is 1. The molecule has 3 rings (SSSR count). The highest BCUT2D eigenvalue weighted by Gasteiger charge is 2.09. The van der Waals surface area contributed by atoms with Crippen LogP contribution in [0.15, 0.2) is 52.5 Å². The summed E-state index contributed by atoms with van der Waals surface area (Å²) in [5, 5.41) is 8.46. The molecule has 0 bridgehead atoms. The molecular formula is C18H17N3O3S. The molecule has 0 saturated heterocycles. The summed E-state index contributed by atoms with van der Waals surface area (Å²) in [6.07, 6.45) is 2.13. The van der Waals surface area contributed by atoms with Gasteiger partial charge in [-0.2, -0.15) is 0 Å². The van der Waals surface area contributed by atoms with Gasteiger partial charge in [0.25, 0.3) is 5.91 Å². The molecule has 0 radical (unpaired) electrons. The smallest absolute Gasteiger partial charge is 0.286 e. The van der Waals surface area contributed by atoms with Gasteiger partial charge in [0, 0.05) is 36.5 Å². The summed E-state index contributed by atoms with van der Waals surface area (Å²) in [5.41, 5.74) is 2.62. The molecule has 0 atom stereocenters. The predicted molar refractivity (Wildman–Crippen MR) is 96.6 cm³/mol. The summed E-state index contributed by atoms with van der Waals surface area (Å²) in [7, 11) is 0. The van der Waals surface area contributed by atoms with Crippen molar-refractivity contribution >= 4 is 28.8 Å². The molecule has 0 aliphatic rings. The van der Waals surface area contributed by atoms with Crippen LogP contribution >= 0.6 is 11.3 Å². The number of aromatic nitrogens is 1. The SMILES string of the molecule is CC(=O)Nc1ccc(-c2csc(CCNC(=O)c3ccco3)n2)cc1. The highest BCUT2D eigenvalue weighted by Crippen LogP contribution is 2.23. The summed E-state index contributed by atoms with van der Waals surface area (Å²) in [4.78, 5) is 27.4. The van der Waals surface area contributed by atoms with Crippen LogP contribution in [0.25, 0.3) is 11.3 Å². The van der Waals surface area contributed by atoms with Crippen molar-refractivity contribution in [2.45, 2.75) is 13.3 Å². The molecule has 128 valence electrons. The lowest BCUT2D eigenvalue weighted by atomic mass is 10.1. The van der Waals surface area contributed by atoms with E-state index in [2.05, 4.69) is 15.6 Å². The van der Waals surface area contributed by atoms with Gasteiger partial charge in [0.2, 0.25) is 5.91 Å². The fourth-order valence-electron chi connectivity index (χ4n) is 2.26. The van der Waals surface area contributed by atoms with Gasteiger partial charge >= 0.3 is 0 Å². The van der Waals surface area contributed by atoms with Gasteiger partial charge in [0.15, 0.2) is 5.76 Å². The lowest BCUT2D eigenvalue weighted by molar-refractivity contribution is -0.114. The average molecular weight is 355 g/mol. The van der Waals surface area contributed by atoms with E-state index in [1.165, 1.54) is 13.2 Å². The molecule has 7 heteroatoms. The molecule has 2 heterocycles. The molecular weight excluding hydrogens is 338 g/mol. The maximum absolute atomic E-state index is 11.8. The van der Waals surface area contributed by atoms with Crippen LogP contribution in [0.3, 0.4) is 0 Å². The number of rotatable bonds is 6. The molecule has 0 spiro atoms. The number of thiazole rings is 1. The van der Waals surface area contributed by atoms with Crippen molar-refractivity contribution in [1.29, 1.82) is 0 Å². The van der Waals surface area contributed by atoms with Crippen molar-refractivity contribution in [3.8, 4) is 11.3 Å². The van der Waals surface area contributed by atoms with Gasteiger partial charge in [-0.1, -0.05) is 12.1 Å². The number of benzene rings is 1. The molecule has 6 nitrogen and oxygen atoms in total. The molecule has 3 aromatic rings. The van der Waals surface area contributed by atoms with Crippen molar-refractivity contribution in [2.75, 3.05) is 11.9 Å². The fourth-order valence-corrected chi connectivity index (χ4v) is 3.07. The Labute approximate surface area is 148 Å². The van der Waals surface area contributed by atoms with Gasteiger partial charge < -0.3 is 15.1 Å². The summed E-state index contributed by atoms with van der Waals surface area (Å²) in [5.74, 6) is -0.0188. The molecule has 2 N–H and O–H groups in total. The van der Waals surface area contributed by atoms with Crippen molar-refractivity contribution < 1.29 is 14.0 Å². The Balaban J connectivity index is 1.55. The number of carbonyl (C=O) groups is 2. The van der Waals surface area contributed by atoms with Crippen molar-refractivity contribution in [3.63, 3.8) is 0 Å². The summed E-state index contributed by atoms with van der Waals surface area (Å²) in [6, 6.07) is 10.8. The number of amides is 2. The van der Waals surface area contributed by atoms with E-state index >= 15 is 0 Å². The molecule has 2 amide bonds. The molecule has 0 saturated carbocycles. The third kappa shape index (κ3) is 4.54. The first kappa shape index (κ1) is 16.9. The van der Waals surface area contributed by atoms with Gasteiger partial charge in [-0.25, -0.2) is 4.98 Å². The zero-order valence-corrected chi connectivity index (χ0v) is 14.4. The monoisotopic (exact) mass is 355 g/mol. The van der Waals surface area contributed by atoms with Crippen molar-refractivity contribution in [1.82, 2.24) is 10.3 Å². The number of carbonyl (C=O) groups excluding carboxylic acids is 2. The zero-order chi connectivity index (χ0) is 17.6.